The number of sulfone groups is 1. The summed E-state index contributed by atoms with van der Waals surface area (Å²) in [7, 11) is -2.84. The van der Waals surface area contributed by atoms with E-state index in [0.29, 0.717) is 35.9 Å². The normalized spacial score (nSPS) is 23.9. The van der Waals surface area contributed by atoms with Crippen molar-refractivity contribution in [1.29, 1.82) is 0 Å². The van der Waals surface area contributed by atoms with Gasteiger partial charge in [0.1, 0.15) is 15.7 Å². The predicted octanol–water partition coefficient (Wildman–Crippen LogP) is 3.72. The van der Waals surface area contributed by atoms with Gasteiger partial charge in [-0.25, -0.2) is 13.4 Å². The lowest BCUT2D eigenvalue weighted by molar-refractivity contribution is 0.410. The van der Waals surface area contributed by atoms with Gasteiger partial charge >= 0.3 is 0 Å². The first-order valence-electron chi connectivity index (χ1n) is 11.0. The SMILES string of the molecule is N[C@H]1CC[C@H](Nc2cc(-c3cncc(NCC4CCS(=O)(=O)CC4)c3)c(Cl)cn2)CC1. The number of hydrogen-bond acceptors (Lipinski definition) is 7. The number of pyridine rings is 2. The minimum atomic E-state index is -2.84. The molecule has 2 aromatic heterocycles. The summed E-state index contributed by atoms with van der Waals surface area (Å²) < 4.78 is 23.2. The van der Waals surface area contributed by atoms with Crippen LogP contribution in [0.1, 0.15) is 38.5 Å². The largest absolute Gasteiger partial charge is 0.384 e. The number of anilines is 2. The lowest BCUT2D eigenvalue weighted by Crippen LogP contribution is -2.33. The van der Waals surface area contributed by atoms with Crippen LogP contribution in [-0.4, -0.2) is 48.5 Å². The van der Waals surface area contributed by atoms with Crippen molar-refractivity contribution < 1.29 is 8.42 Å². The number of aromatic nitrogens is 2. The van der Waals surface area contributed by atoms with Crippen molar-refractivity contribution in [2.45, 2.75) is 50.6 Å². The van der Waals surface area contributed by atoms with E-state index in [-0.39, 0.29) is 11.5 Å². The maximum absolute atomic E-state index is 11.6. The third-order valence-electron chi connectivity index (χ3n) is 6.30. The van der Waals surface area contributed by atoms with Gasteiger partial charge in [0.05, 0.1) is 22.2 Å². The van der Waals surface area contributed by atoms with Crippen LogP contribution in [0.4, 0.5) is 11.5 Å². The monoisotopic (exact) mass is 463 g/mol. The zero-order valence-electron chi connectivity index (χ0n) is 17.6. The van der Waals surface area contributed by atoms with E-state index in [4.69, 9.17) is 17.3 Å². The molecule has 0 bridgehead atoms. The molecule has 7 nitrogen and oxygen atoms in total. The molecular weight excluding hydrogens is 434 g/mol. The number of halogens is 1. The van der Waals surface area contributed by atoms with Gasteiger partial charge in [0, 0.05) is 48.3 Å². The second kappa shape index (κ2) is 9.71. The Morgan fingerprint density at radius 1 is 1.03 bits per heavy atom. The highest BCUT2D eigenvalue weighted by atomic mass is 35.5. The first-order valence-corrected chi connectivity index (χ1v) is 13.2. The molecule has 0 aromatic carbocycles. The fourth-order valence-corrected chi connectivity index (χ4v) is 6.10. The molecule has 0 unspecified atom stereocenters. The Morgan fingerprint density at radius 3 is 2.52 bits per heavy atom. The van der Waals surface area contributed by atoms with Crippen LogP contribution >= 0.6 is 11.6 Å². The number of nitrogens with one attached hydrogen (secondary N) is 2. The van der Waals surface area contributed by atoms with Crippen molar-refractivity contribution in [3.05, 3.63) is 35.7 Å². The van der Waals surface area contributed by atoms with Crippen molar-refractivity contribution in [3.63, 3.8) is 0 Å². The summed E-state index contributed by atoms with van der Waals surface area (Å²) in [6.07, 6.45) is 10.8. The van der Waals surface area contributed by atoms with Crippen molar-refractivity contribution in [1.82, 2.24) is 9.97 Å². The number of nitrogens with two attached hydrogens (primary N) is 1. The summed E-state index contributed by atoms with van der Waals surface area (Å²) >= 11 is 6.46. The number of rotatable bonds is 6. The molecule has 1 aliphatic heterocycles. The molecule has 1 aliphatic carbocycles. The van der Waals surface area contributed by atoms with Crippen LogP contribution in [-0.2, 0) is 9.84 Å². The third kappa shape index (κ3) is 6.08. The van der Waals surface area contributed by atoms with Crippen LogP contribution in [0.5, 0.6) is 0 Å². The smallest absolute Gasteiger partial charge is 0.150 e. The topological polar surface area (TPSA) is 110 Å². The zero-order valence-corrected chi connectivity index (χ0v) is 19.1. The Labute approximate surface area is 189 Å². The van der Waals surface area contributed by atoms with E-state index in [1.54, 1.807) is 18.6 Å². The Balaban J connectivity index is 1.42. The quantitative estimate of drug-likeness (QED) is 0.598. The predicted molar refractivity (Wildman–Crippen MR) is 126 cm³/mol. The molecule has 2 fully saturated rings. The summed E-state index contributed by atoms with van der Waals surface area (Å²) in [4.78, 5) is 8.82. The molecule has 0 atom stereocenters. The Bertz CT molecular complexity index is 995. The molecule has 4 N–H and O–H groups in total. The lowest BCUT2D eigenvalue weighted by atomic mass is 9.92. The highest BCUT2D eigenvalue weighted by Gasteiger charge is 2.23. The molecule has 31 heavy (non-hydrogen) atoms. The van der Waals surface area contributed by atoms with Gasteiger partial charge in [-0.2, -0.15) is 0 Å². The Morgan fingerprint density at radius 2 is 1.77 bits per heavy atom. The lowest BCUT2D eigenvalue weighted by Gasteiger charge is -2.27. The van der Waals surface area contributed by atoms with Crippen LogP contribution in [0.15, 0.2) is 30.7 Å². The second-order valence-electron chi connectivity index (χ2n) is 8.74. The molecule has 2 aromatic rings. The first kappa shape index (κ1) is 22.3. The molecule has 1 saturated carbocycles. The molecule has 2 aliphatic rings. The molecule has 4 rings (SSSR count). The van der Waals surface area contributed by atoms with Crippen LogP contribution < -0.4 is 16.4 Å². The van der Waals surface area contributed by atoms with Crippen LogP contribution in [0.25, 0.3) is 11.1 Å². The third-order valence-corrected chi connectivity index (χ3v) is 8.31. The molecule has 0 spiro atoms. The van der Waals surface area contributed by atoms with E-state index < -0.39 is 9.84 Å². The molecular formula is C22H30ClN5O2S. The van der Waals surface area contributed by atoms with E-state index >= 15 is 0 Å². The fraction of sp³-hybridized carbons (Fsp3) is 0.545. The molecule has 1 saturated heterocycles. The average Bonchev–Trinajstić information content (AvgIpc) is 2.76. The molecule has 9 heteroatoms. The number of nitrogens with zero attached hydrogens (tertiary/aromatic N) is 2. The van der Waals surface area contributed by atoms with E-state index in [9.17, 15) is 8.42 Å². The van der Waals surface area contributed by atoms with Gasteiger partial charge in [-0.1, -0.05) is 11.6 Å². The molecule has 0 radical (unpaired) electrons. The van der Waals surface area contributed by atoms with Crippen molar-refractivity contribution in [2.24, 2.45) is 11.7 Å². The summed E-state index contributed by atoms with van der Waals surface area (Å²) in [6, 6.07) is 4.69. The second-order valence-corrected chi connectivity index (χ2v) is 11.5. The Hall–Kier alpha value is -1.90. The zero-order chi connectivity index (χ0) is 21.8. The molecule has 0 amide bonds. The summed E-state index contributed by atoms with van der Waals surface area (Å²) in [5.74, 6) is 1.73. The van der Waals surface area contributed by atoms with Gasteiger partial charge in [-0.3, -0.25) is 4.98 Å². The standard InChI is InChI=1S/C22H30ClN5O2S/c23-21-14-27-22(28-18-3-1-17(24)2-4-18)10-20(21)16-9-19(13-25-12-16)26-11-15-5-7-31(29,30)8-6-15/h9-10,12-15,17-18,26H,1-8,11,24H2,(H,27,28)/t17-,18-. The van der Waals surface area contributed by atoms with E-state index in [2.05, 4.69) is 20.6 Å². The minimum absolute atomic E-state index is 0.285. The van der Waals surface area contributed by atoms with Crippen molar-refractivity contribution >= 4 is 32.9 Å². The maximum Gasteiger partial charge on any atom is 0.150 e. The summed E-state index contributed by atoms with van der Waals surface area (Å²) in [5, 5.41) is 7.51. The van der Waals surface area contributed by atoms with Gasteiger partial charge < -0.3 is 16.4 Å². The van der Waals surface area contributed by atoms with Gasteiger partial charge in [0.15, 0.2) is 0 Å². The first-order chi connectivity index (χ1) is 14.9. The maximum atomic E-state index is 11.6. The van der Waals surface area contributed by atoms with E-state index in [0.717, 1.165) is 54.9 Å². The van der Waals surface area contributed by atoms with Crippen LogP contribution in [0.3, 0.4) is 0 Å². The highest BCUT2D eigenvalue weighted by molar-refractivity contribution is 7.91. The summed E-state index contributed by atoms with van der Waals surface area (Å²) in [6.45, 7) is 0.737. The Kier molecular flexibility index (Phi) is 6.99. The fourth-order valence-electron chi connectivity index (χ4n) is 4.30. The van der Waals surface area contributed by atoms with Gasteiger partial charge in [0.25, 0.3) is 0 Å². The molecule has 168 valence electrons. The molecule has 3 heterocycles. The van der Waals surface area contributed by atoms with Crippen molar-refractivity contribution in [2.75, 3.05) is 28.7 Å². The van der Waals surface area contributed by atoms with Crippen molar-refractivity contribution in [3.8, 4) is 11.1 Å². The van der Waals surface area contributed by atoms with E-state index in [1.807, 2.05) is 12.1 Å². The van der Waals surface area contributed by atoms with Gasteiger partial charge in [-0.15, -0.1) is 0 Å². The number of hydrogen-bond donors (Lipinski definition) is 3. The van der Waals surface area contributed by atoms with E-state index in [1.165, 1.54) is 0 Å². The van der Waals surface area contributed by atoms with Crippen LogP contribution in [0.2, 0.25) is 5.02 Å². The van der Waals surface area contributed by atoms with Gasteiger partial charge in [-0.05, 0) is 56.6 Å². The van der Waals surface area contributed by atoms with Crippen LogP contribution in [0, 0.1) is 5.92 Å². The minimum Gasteiger partial charge on any atom is -0.384 e. The van der Waals surface area contributed by atoms with Gasteiger partial charge in [0.2, 0.25) is 0 Å². The highest BCUT2D eigenvalue weighted by Crippen LogP contribution is 2.31. The average molecular weight is 464 g/mol. The summed E-state index contributed by atoms with van der Waals surface area (Å²) in [5.41, 5.74) is 8.70.